The largest absolute Gasteiger partial charge is 0.357 e. The molecule has 5 nitrogen and oxygen atoms in total. The lowest BCUT2D eigenvalue weighted by molar-refractivity contribution is -0.122. The highest BCUT2D eigenvalue weighted by molar-refractivity contribution is 9.10. The highest BCUT2D eigenvalue weighted by Gasteiger charge is 2.29. The molecular formula is C13H15BrN4O. The predicted octanol–water partition coefficient (Wildman–Crippen LogP) is 0.845. The third-order valence-corrected chi connectivity index (χ3v) is 3.67. The molecule has 1 aromatic rings. The van der Waals surface area contributed by atoms with Crippen molar-refractivity contribution in [3.63, 3.8) is 0 Å². The molecule has 2 N–H and O–H groups in total. The zero-order valence-electron chi connectivity index (χ0n) is 10.6. The molecule has 1 fully saturated rings. The van der Waals surface area contributed by atoms with Crippen molar-refractivity contribution < 1.29 is 4.79 Å². The molecule has 0 spiro atoms. The minimum atomic E-state index is -0.285. The molecule has 1 unspecified atom stereocenters. The maximum atomic E-state index is 11.9. The van der Waals surface area contributed by atoms with Gasteiger partial charge in [-0.1, -0.05) is 15.9 Å². The van der Waals surface area contributed by atoms with E-state index in [9.17, 15) is 10.1 Å². The van der Waals surface area contributed by atoms with Gasteiger partial charge in [-0.15, -0.1) is 0 Å². The van der Waals surface area contributed by atoms with Crippen molar-refractivity contribution in [2.24, 2.45) is 0 Å². The van der Waals surface area contributed by atoms with Gasteiger partial charge < -0.3 is 15.5 Å². The fraction of sp³-hybridized carbons (Fsp3) is 0.385. The molecule has 1 atom stereocenters. The fourth-order valence-electron chi connectivity index (χ4n) is 2.24. The zero-order chi connectivity index (χ0) is 13.8. The average molecular weight is 323 g/mol. The molecule has 1 aliphatic heterocycles. The van der Waals surface area contributed by atoms with Crippen LogP contribution in [0.1, 0.15) is 5.56 Å². The Balaban J connectivity index is 2.38. The van der Waals surface area contributed by atoms with Crippen LogP contribution < -0.4 is 15.5 Å². The van der Waals surface area contributed by atoms with E-state index in [1.54, 1.807) is 13.1 Å². The Labute approximate surface area is 120 Å². The second-order valence-corrected chi connectivity index (χ2v) is 5.22. The lowest BCUT2D eigenvalue weighted by Gasteiger charge is -2.37. The van der Waals surface area contributed by atoms with E-state index < -0.39 is 0 Å². The summed E-state index contributed by atoms with van der Waals surface area (Å²) in [6, 6.07) is 7.45. The minimum Gasteiger partial charge on any atom is -0.357 e. The van der Waals surface area contributed by atoms with Gasteiger partial charge in [0.05, 0.1) is 11.3 Å². The third kappa shape index (κ3) is 2.88. The topological polar surface area (TPSA) is 68.2 Å². The molecule has 0 radical (unpaired) electrons. The Hall–Kier alpha value is -1.58. The van der Waals surface area contributed by atoms with Crippen molar-refractivity contribution >= 4 is 27.5 Å². The van der Waals surface area contributed by atoms with Crippen LogP contribution in [0.3, 0.4) is 0 Å². The standard InChI is InChI=1S/C13H15BrN4O/c1-16-13(19)12-8-17-4-5-18(12)11-3-2-10(14)6-9(11)7-15/h2-3,6,12,17H,4-5,8H2,1H3,(H,16,19). The van der Waals surface area contributed by atoms with E-state index in [0.29, 0.717) is 18.7 Å². The molecule has 1 amide bonds. The molecular weight excluding hydrogens is 308 g/mol. The predicted molar refractivity (Wildman–Crippen MR) is 76.9 cm³/mol. The zero-order valence-corrected chi connectivity index (χ0v) is 12.2. The first-order chi connectivity index (χ1) is 9.17. The maximum Gasteiger partial charge on any atom is 0.243 e. The van der Waals surface area contributed by atoms with Crippen molar-refractivity contribution in [2.75, 3.05) is 31.6 Å². The van der Waals surface area contributed by atoms with E-state index in [0.717, 1.165) is 16.7 Å². The van der Waals surface area contributed by atoms with Crippen LogP contribution in [0.4, 0.5) is 5.69 Å². The quantitative estimate of drug-likeness (QED) is 0.847. The van der Waals surface area contributed by atoms with Gasteiger partial charge in [0.2, 0.25) is 5.91 Å². The number of rotatable bonds is 2. The first-order valence-electron chi connectivity index (χ1n) is 6.06. The van der Waals surface area contributed by atoms with Crippen molar-refractivity contribution in [3.8, 4) is 6.07 Å². The van der Waals surface area contributed by atoms with Gasteiger partial charge in [0.25, 0.3) is 0 Å². The number of halogens is 1. The summed E-state index contributed by atoms with van der Waals surface area (Å²) in [5, 5.41) is 15.1. The van der Waals surface area contributed by atoms with E-state index in [-0.39, 0.29) is 11.9 Å². The molecule has 0 saturated carbocycles. The summed E-state index contributed by atoms with van der Waals surface area (Å²) in [7, 11) is 1.63. The Kier molecular flexibility index (Phi) is 4.40. The summed E-state index contributed by atoms with van der Waals surface area (Å²) >= 11 is 3.36. The summed E-state index contributed by atoms with van der Waals surface area (Å²) in [4.78, 5) is 13.9. The Morgan fingerprint density at radius 2 is 2.42 bits per heavy atom. The Morgan fingerprint density at radius 3 is 3.11 bits per heavy atom. The van der Waals surface area contributed by atoms with Crippen LogP contribution in [0.2, 0.25) is 0 Å². The lowest BCUT2D eigenvalue weighted by Crippen LogP contribution is -2.57. The number of benzene rings is 1. The highest BCUT2D eigenvalue weighted by atomic mass is 79.9. The van der Waals surface area contributed by atoms with E-state index in [2.05, 4.69) is 32.6 Å². The molecule has 1 aliphatic rings. The number of nitrogens with zero attached hydrogens (tertiary/aromatic N) is 2. The second kappa shape index (κ2) is 6.04. The number of amides is 1. The normalized spacial score (nSPS) is 18.8. The van der Waals surface area contributed by atoms with Gasteiger partial charge in [0.15, 0.2) is 0 Å². The van der Waals surface area contributed by atoms with Gasteiger partial charge in [-0.05, 0) is 18.2 Å². The summed E-state index contributed by atoms with van der Waals surface area (Å²) < 4.78 is 0.861. The number of carbonyl (C=O) groups is 1. The van der Waals surface area contributed by atoms with Gasteiger partial charge in [0.1, 0.15) is 12.1 Å². The van der Waals surface area contributed by atoms with Crippen molar-refractivity contribution in [2.45, 2.75) is 6.04 Å². The van der Waals surface area contributed by atoms with E-state index >= 15 is 0 Å². The van der Waals surface area contributed by atoms with Gasteiger partial charge in [0, 0.05) is 31.2 Å². The number of piperazine rings is 1. The van der Waals surface area contributed by atoms with E-state index in [1.165, 1.54) is 0 Å². The minimum absolute atomic E-state index is 0.0426. The number of carbonyl (C=O) groups excluding carboxylic acids is 1. The highest BCUT2D eigenvalue weighted by Crippen LogP contribution is 2.26. The van der Waals surface area contributed by atoms with Gasteiger partial charge in [-0.3, -0.25) is 4.79 Å². The fourth-order valence-corrected chi connectivity index (χ4v) is 2.60. The first kappa shape index (κ1) is 13.8. The van der Waals surface area contributed by atoms with E-state index in [4.69, 9.17) is 0 Å². The van der Waals surface area contributed by atoms with E-state index in [1.807, 2.05) is 17.0 Å². The number of hydrogen-bond donors (Lipinski definition) is 2. The van der Waals surface area contributed by atoms with Gasteiger partial charge in [-0.25, -0.2) is 0 Å². The molecule has 0 aliphatic carbocycles. The maximum absolute atomic E-state index is 11.9. The molecule has 1 aromatic carbocycles. The number of hydrogen-bond acceptors (Lipinski definition) is 4. The Bertz CT molecular complexity index is 526. The molecule has 19 heavy (non-hydrogen) atoms. The first-order valence-corrected chi connectivity index (χ1v) is 6.85. The number of anilines is 1. The molecule has 0 aromatic heterocycles. The van der Waals surface area contributed by atoms with Crippen LogP contribution in [-0.4, -0.2) is 38.6 Å². The Morgan fingerprint density at radius 1 is 1.63 bits per heavy atom. The lowest BCUT2D eigenvalue weighted by atomic mass is 10.1. The summed E-state index contributed by atoms with van der Waals surface area (Å²) in [6.45, 7) is 2.09. The molecule has 6 heteroatoms. The van der Waals surface area contributed by atoms with Crippen molar-refractivity contribution in [1.29, 1.82) is 5.26 Å². The molecule has 0 bridgehead atoms. The SMILES string of the molecule is CNC(=O)C1CNCCN1c1ccc(Br)cc1C#N. The smallest absolute Gasteiger partial charge is 0.243 e. The van der Waals surface area contributed by atoms with Crippen LogP contribution in [0, 0.1) is 11.3 Å². The van der Waals surface area contributed by atoms with Crippen LogP contribution in [0.15, 0.2) is 22.7 Å². The van der Waals surface area contributed by atoms with Crippen LogP contribution in [0.25, 0.3) is 0 Å². The average Bonchev–Trinajstić information content (AvgIpc) is 2.46. The van der Waals surface area contributed by atoms with Crippen LogP contribution >= 0.6 is 15.9 Å². The second-order valence-electron chi connectivity index (χ2n) is 4.30. The monoisotopic (exact) mass is 322 g/mol. The van der Waals surface area contributed by atoms with Gasteiger partial charge in [-0.2, -0.15) is 5.26 Å². The number of nitrogens with one attached hydrogen (secondary N) is 2. The van der Waals surface area contributed by atoms with Crippen LogP contribution in [-0.2, 0) is 4.79 Å². The van der Waals surface area contributed by atoms with Gasteiger partial charge >= 0.3 is 0 Å². The number of likely N-dealkylation sites (N-methyl/N-ethyl adjacent to an activating group) is 1. The molecule has 2 rings (SSSR count). The van der Waals surface area contributed by atoms with Crippen molar-refractivity contribution in [1.82, 2.24) is 10.6 Å². The summed E-state index contributed by atoms with van der Waals surface area (Å²) in [5.41, 5.74) is 1.38. The van der Waals surface area contributed by atoms with Crippen molar-refractivity contribution in [3.05, 3.63) is 28.2 Å². The number of nitriles is 1. The summed E-state index contributed by atoms with van der Waals surface area (Å²) in [5.74, 6) is -0.0426. The summed E-state index contributed by atoms with van der Waals surface area (Å²) in [6.07, 6.45) is 0. The molecule has 1 heterocycles. The molecule has 100 valence electrons. The van der Waals surface area contributed by atoms with Crippen LogP contribution in [0.5, 0.6) is 0 Å². The third-order valence-electron chi connectivity index (χ3n) is 3.18. The molecule has 1 saturated heterocycles.